The molecule has 1 aromatic carbocycles. The summed E-state index contributed by atoms with van der Waals surface area (Å²) in [7, 11) is 0. The minimum absolute atomic E-state index is 0.0152. The lowest BCUT2D eigenvalue weighted by molar-refractivity contribution is -0.123. The van der Waals surface area contributed by atoms with E-state index in [0.717, 1.165) is 25.9 Å². The van der Waals surface area contributed by atoms with Crippen molar-refractivity contribution < 1.29 is 4.79 Å². The van der Waals surface area contributed by atoms with Crippen molar-refractivity contribution in [3.05, 3.63) is 30.3 Å². The molecule has 1 amide bonds. The van der Waals surface area contributed by atoms with E-state index in [1.54, 1.807) is 0 Å². The average molecular weight is 275 g/mol. The van der Waals surface area contributed by atoms with Crippen LogP contribution in [0, 0.1) is 5.92 Å². The highest BCUT2D eigenvalue weighted by Crippen LogP contribution is 2.19. The summed E-state index contributed by atoms with van der Waals surface area (Å²) in [6.07, 6.45) is 1.72. The van der Waals surface area contributed by atoms with E-state index >= 15 is 0 Å². The van der Waals surface area contributed by atoms with Crippen LogP contribution in [0.25, 0.3) is 0 Å². The van der Waals surface area contributed by atoms with Crippen LogP contribution in [0.4, 0.5) is 5.69 Å². The standard InChI is InChI=1S/C16H25N3O/c1-12(2)10-15(17)16(20)18-13-8-9-19(11-13)14-6-4-3-5-7-14/h3-7,12-13,15H,8-11,17H2,1-2H3,(H,18,20)/t13?,15-/m0/s1. The molecule has 110 valence electrons. The lowest BCUT2D eigenvalue weighted by atomic mass is 10.0. The summed E-state index contributed by atoms with van der Waals surface area (Å²) in [6.45, 7) is 6.01. The molecule has 1 saturated heterocycles. The van der Waals surface area contributed by atoms with Gasteiger partial charge in [-0.1, -0.05) is 32.0 Å². The van der Waals surface area contributed by atoms with E-state index < -0.39 is 0 Å². The van der Waals surface area contributed by atoms with Gasteiger partial charge in [0.05, 0.1) is 6.04 Å². The van der Waals surface area contributed by atoms with Gasteiger partial charge in [-0.3, -0.25) is 4.79 Å². The van der Waals surface area contributed by atoms with Gasteiger partial charge in [-0.05, 0) is 30.9 Å². The van der Waals surface area contributed by atoms with Crippen LogP contribution in [0.3, 0.4) is 0 Å². The number of carbonyl (C=O) groups excluding carboxylic acids is 1. The molecule has 1 heterocycles. The molecule has 4 nitrogen and oxygen atoms in total. The first-order valence-corrected chi connectivity index (χ1v) is 7.42. The van der Waals surface area contributed by atoms with Gasteiger partial charge in [0.2, 0.25) is 5.91 Å². The van der Waals surface area contributed by atoms with Gasteiger partial charge in [0, 0.05) is 24.8 Å². The highest BCUT2D eigenvalue weighted by Gasteiger charge is 2.25. The van der Waals surface area contributed by atoms with Crippen LogP contribution in [0.15, 0.2) is 30.3 Å². The first-order valence-electron chi connectivity index (χ1n) is 7.42. The Balaban J connectivity index is 1.83. The zero-order chi connectivity index (χ0) is 14.5. The first-order chi connectivity index (χ1) is 9.56. The third-order valence-corrected chi connectivity index (χ3v) is 3.72. The Labute approximate surface area is 121 Å². The maximum Gasteiger partial charge on any atom is 0.237 e. The summed E-state index contributed by atoms with van der Waals surface area (Å²) >= 11 is 0. The van der Waals surface area contributed by atoms with Crippen molar-refractivity contribution in [3.8, 4) is 0 Å². The fourth-order valence-electron chi connectivity index (χ4n) is 2.67. The van der Waals surface area contributed by atoms with Crippen molar-refractivity contribution in [2.75, 3.05) is 18.0 Å². The van der Waals surface area contributed by atoms with Crippen LogP contribution >= 0.6 is 0 Å². The molecular formula is C16H25N3O. The summed E-state index contributed by atoms with van der Waals surface area (Å²) < 4.78 is 0. The Bertz CT molecular complexity index is 433. The molecule has 0 aliphatic carbocycles. The molecule has 0 radical (unpaired) electrons. The molecular weight excluding hydrogens is 250 g/mol. The van der Waals surface area contributed by atoms with Crippen LogP contribution in [0.5, 0.6) is 0 Å². The largest absolute Gasteiger partial charge is 0.369 e. The predicted octanol–water partition coefficient (Wildman–Crippen LogP) is 1.75. The van der Waals surface area contributed by atoms with E-state index in [1.165, 1.54) is 5.69 Å². The average Bonchev–Trinajstić information content (AvgIpc) is 2.87. The Morgan fingerprint density at radius 2 is 2.10 bits per heavy atom. The molecule has 3 N–H and O–H groups in total. The van der Waals surface area contributed by atoms with Crippen molar-refractivity contribution in [2.24, 2.45) is 11.7 Å². The molecule has 0 aromatic heterocycles. The van der Waals surface area contributed by atoms with Gasteiger partial charge in [-0.15, -0.1) is 0 Å². The molecule has 0 bridgehead atoms. The molecule has 20 heavy (non-hydrogen) atoms. The highest BCUT2D eigenvalue weighted by atomic mass is 16.2. The Morgan fingerprint density at radius 1 is 1.40 bits per heavy atom. The molecule has 0 spiro atoms. The monoisotopic (exact) mass is 275 g/mol. The second-order valence-electron chi connectivity index (χ2n) is 6.01. The lowest BCUT2D eigenvalue weighted by Crippen LogP contribution is -2.46. The van der Waals surface area contributed by atoms with E-state index in [1.807, 2.05) is 18.2 Å². The number of nitrogens with one attached hydrogen (secondary N) is 1. The minimum atomic E-state index is -0.388. The lowest BCUT2D eigenvalue weighted by Gasteiger charge is -2.20. The zero-order valence-corrected chi connectivity index (χ0v) is 12.4. The highest BCUT2D eigenvalue weighted by molar-refractivity contribution is 5.81. The summed E-state index contributed by atoms with van der Waals surface area (Å²) in [5.41, 5.74) is 7.13. The fraction of sp³-hybridized carbons (Fsp3) is 0.562. The fourth-order valence-corrected chi connectivity index (χ4v) is 2.67. The number of anilines is 1. The third kappa shape index (κ3) is 3.97. The van der Waals surface area contributed by atoms with Gasteiger partial charge in [-0.25, -0.2) is 0 Å². The van der Waals surface area contributed by atoms with Crippen LogP contribution in [-0.4, -0.2) is 31.1 Å². The van der Waals surface area contributed by atoms with Crippen LogP contribution in [0.1, 0.15) is 26.7 Å². The van der Waals surface area contributed by atoms with Crippen molar-refractivity contribution in [2.45, 2.75) is 38.8 Å². The maximum atomic E-state index is 12.0. The Kier molecular flexibility index (Phi) is 5.01. The van der Waals surface area contributed by atoms with Gasteiger partial charge >= 0.3 is 0 Å². The van der Waals surface area contributed by atoms with E-state index in [4.69, 9.17) is 5.73 Å². The molecule has 1 aliphatic rings. The quantitative estimate of drug-likeness (QED) is 0.861. The Morgan fingerprint density at radius 3 is 2.75 bits per heavy atom. The summed E-state index contributed by atoms with van der Waals surface area (Å²) in [6, 6.07) is 10.1. The van der Waals surface area contributed by atoms with Crippen LogP contribution in [-0.2, 0) is 4.79 Å². The molecule has 1 aliphatic heterocycles. The number of hydrogen-bond donors (Lipinski definition) is 2. The normalized spacial score (nSPS) is 20.2. The van der Waals surface area contributed by atoms with Crippen LogP contribution < -0.4 is 16.0 Å². The van der Waals surface area contributed by atoms with Gasteiger partial charge < -0.3 is 16.0 Å². The second kappa shape index (κ2) is 6.75. The number of carbonyl (C=O) groups is 1. The topological polar surface area (TPSA) is 58.4 Å². The van der Waals surface area contributed by atoms with Gasteiger partial charge in [-0.2, -0.15) is 0 Å². The van der Waals surface area contributed by atoms with Crippen molar-refractivity contribution in [1.29, 1.82) is 0 Å². The van der Waals surface area contributed by atoms with E-state index in [2.05, 4.69) is 36.2 Å². The van der Waals surface area contributed by atoms with Gasteiger partial charge in [0.1, 0.15) is 0 Å². The molecule has 1 unspecified atom stereocenters. The molecule has 0 saturated carbocycles. The van der Waals surface area contributed by atoms with E-state index in [-0.39, 0.29) is 18.0 Å². The second-order valence-corrected chi connectivity index (χ2v) is 6.01. The summed E-state index contributed by atoms with van der Waals surface area (Å²) in [4.78, 5) is 14.3. The number of nitrogens with zero attached hydrogens (tertiary/aromatic N) is 1. The van der Waals surface area contributed by atoms with E-state index in [9.17, 15) is 4.79 Å². The predicted molar refractivity (Wildman–Crippen MR) is 82.6 cm³/mol. The number of hydrogen-bond acceptors (Lipinski definition) is 3. The third-order valence-electron chi connectivity index (χ3n) is 3.72. The maximum absolute atomic E-state index is 12.0. The molecule has 2 rings (SSSR count). The number of nitrogens with two attached hydrogens (primary N) is 1. The first kappa shape index (κ1) is 14.9. The van der Waals surface area contributed by atoms with Gasteiger partial charge in [0.15, 0.2) is 0 Å². The van der Waals surface area contributed by atoms with Gasteiger partial charge in [0.25, 0.3) is 0 Å². The summed E-state index contributed by atoms with van der Waals surface area (Å²) in [5, 5.41) is 3.08. The molecule has 4 heteroatoms. The minimum Gasteiger partial charge on any atom is -0.369 e. The van der Waals surface area contributed by atoms with Crippen molar-refractivity contribution in [1.82, 2.24) is 5.32 Å². The zero-order valence-electron chi connectivity index (χ0n) is 12.4. The van der Waals surface area contributed by atoms with Crippen molar-refractivity contribution >= 4 is 11.6 Å². The SMILES string of the molecule is CC(C)C[C@H](N)C(=O)NC1CCN(c2ccccc2)C1. The van der Waals surface area contributed by atoms with E-state index in [0.29, 0.717) is 5.92 Å². The van der Waals surface area contributed by atoms with Crippen molar-refractivity contribution in [3.63, 3.8) is 0 Å². The number of benzene rings is 1. The van der Waals surface area contributed by atoms with Crippen LogP contribution in [0.2, 0.25) is 0 Å². The number of amides is 1. The smallest absolute Gasteiger partial charge is 0.237 e. The summed E-state index contributed by atoms with van der Waals surface area (Å²) in [5.74, 6) is 0.429. The molecule has 1 fully saturated rings. The molecule has 2 atom stereocenters. The number of para-hydroxylation sites is 1. The number of rotatable bonds is 5. The Hall–Kier alpha value is -1.55. The molecule has 1 aromatic rings.